The topological polar surface area (TPSA) is 18.5 Å². The van der Waals surface area contributed by atoms with Crippen LogP contribution in [0, 0.1) is 0 Å². The zero-order chi connectivity index (χ0) is 13.6. The second-order valence-electron chi connectivity index (χ2n) is 6.21. The maximum absolute atomic E-state index is 3.66. The van der Waals surface area contributed by atoms with Gasteiger partial charge in [0.1, 0.15) is 0 Å². The number of halogens is 2. The zero-order valence-electron chi connectivity index (χ0n) is 13.2. The molecule has 1 aromatic carbocycles. The van der Waals surface area contributed by atoms with Gasteiger partial charge in [0, 0.05) is 45.3 Å². The van der Waals surface area contributed by atoms with Crippen molar-refractivity contribution >= 4 is 24.8 Å². The molecule has 2 aliphatic rings. The van der Waals surface area contributed by atoms with Crippen molar-refractivity contribution in [2.75, 3.05) is 39.3 Å². The molecule has 0 amide bonds. The van der Waals surface area contributed by atoms with Gasteiger partial charge < -0.3 is 5.32 Å². The van der Waals surface area contributed by atoms with Gasteiger partial charge in [-0.25, -0.2) is 0 Å². The monoisotopic (exact) mass is 345 g/mol. The highest BCUT2D eigenvalue weighted by atomic mass is 35.5. The molecule has 3 nitrogen and oxygen atoms in total. The summed E-state index contributed by atoms with van der Waals surface area (Å²) in [6.07, 6.45) is 4.14. The van der Waals surface area contributed by atoms with Gasteiger partial charge in [0.05, 0.1) is 0 Å². The summed E-state index contributed by atoms with van der Waals surface area (Å²) in [6.45, 7) is 8.45. The van der Waals surface area contributed by atoms with Gasteiger partial charge in [-0.15, -0.1) is 24.8 Å². The molecule has 0 aliphatic carbocycles. The molecule has 22 heavy (non-hydrogen) atoms. The van der Waals surface area contributed by atoms with Crippen molar-refractivity contribution in [2.45, 2.75) is 31.8 Å². The van der Waals surface area contributed by atoms with Gasteiger partial charge in [0.2, 0.25) is 0 Å². The largest absolute Gasteiger partial charge is 0.313 e. The van der Waals surface area contributed by atoms with Crippen LogP contribution in [-0.4, -0.2) is 55.1 Å². The molecule has 1 N–H and O–H groups in total. The number of benzene rings is 1. The molecule has 2 heterocycles. The molecule has 2 aliphatic heterocycles. The van der Waals surface area contributed by atoms with Crippen LogP contribution >= 0.6 is 24.8 Å². The third kappa shape index (κ3) is 6.05. The SMILES string of the molecule is Cl.Cl.c1ccc(CN2CCN(CC3CCCCN3)CC2)cc1. The summed E-state index contributed by atoms with van der Waals surface area (Å²) in [7, 11) is 0. The van der Waals surface area contributed by atoms with Crippen LogP contribution in [0.3, 0.4) is 0 Å². The molecule has 0 saturated carbocycles. The number of nitrogens with one attached hydrogen (secondary N) is 1. The van der Waals surface area contributed by atoms with Gasteiger partial charge in [0.25, 0.3) is 0 Å². The van der Waals surface area contributed by atoms with Crippen LogP contribution in [0.1, 0.15) is 24.8 Å². The van der Waals surface area contributed by atoms with E-state index in [0.717, 1.165) is 12.6 Å². The van der Waals surface area contributed by atoms with Crippen LogP contribution in [0.15, 0.2) is 30.3 Å². The van der Waals surface area contributed by atoms with Crippen LogP contribution in [0.25, 0.3) is 0 Å². The molecule has 2 saturated heterocycles. The van der Waals surface area contributed by atoms with E-state index < -0.39 is 0 Å². The highest BCUT2D eigenvalue weighted by Crippen LogP contribution is 2.12. The Balaban J connectivity index is 0.00000121. The van der Waals surface area contributed by atoms with E-state index in [1.165, 1.54) is 64.1 Å². The first kappa shape index (κ1) is 19.7. The van der Waals surface area contributed by atoms with Gasteiger partial charge in [0.15, 0.2) is 0 Å². The van der Waals surface area contributed by atoms with Gasteiger partial charge in [-0.1, -0.05) is 36.8 Å². The lowest BCUT2D eigenvalue weighted by molar-refractivity contribution is 0.114. The molecular formula is C17H29Cl2N3. The Bertz CT molecular complexity index is 388. The minimum atomic E-state index is 0. The molecule has 1 unspecified atom stereocenters. The maximum Gasteiger partial charge on any atom is 0.0234 e. The highest BCUT2D eigenvalue weighted by molar-refractivity contribution is 5.85. The summed E-state index contributed by atoms with van der Waals surface area (Å²) in [4.78, 5) is 5.23. The number of piperidine rings is 1. The van der Waals surface area contributed by atoms with Crippen molar-refractivity contribution in [3.8, 4) is 0 Å². The van der Waals surface area contributed by atoms with Crippen molar-refractivity contribution in [3.05, 3.63) is 35.9 Å². The van der Waals surface area contributed by atoms with E-state index in [2.05, 4.69) is 45.4 Å². The van der Waals surface area contributed by atoms with Crippen molar-refractivity contribution in [1.82, 2.24) is 15.1 Å². The van der Waals surface area contributed by atoms with E-state index in [1.807, 2.05) is 0 Å². The molecule has 2 fully saturated rings. The predicted octanol–water partition coefficient (Wildman–Crippen LogP) is 2.79. The first-order valence-electron chi connectivity index (χ1n) is 8.12. The fraction of sp³-hybridized carbons (Fsp3) is 0.647. The van der Waals surface area contributed by atoms with Gasteiger partial charge in [-0.2, -0.15) is 0 Å². The molecular weight excluding hydrogens is 317 g/mol. The molecule has 1 atom stereocenters. The third-order valence-corrected chi connectivity index (χ3v) is 4.60. The van der Waals surface area contributed by atoms with E-state index in [4.69, 9.17) is 0 Å². The molecule has 5 heteroatoms. The van der Waals surface area contributed by atoms with Gasteiger partial charge >= 0.3 is 0 Å². The second kappa shape index (κ2) is 10.5. The Hall–Kier alpha value is -0.320. The van der Waals surface area contributed by atoms with E-state index in [-0.39, 0.29) is 24.8 Å². The predicted molar refractivity (Wildman–Crippen MR) is 98.3 cm³/mol. The first-order valence-corrected chi connectivity index (χ1v) is 8.12. The third-order valence-electron chi connectivity index (χ3n) is 4.60. The Labute approximate surface area is 147 Å². The number of piperazine rings is 1. The van der Waals surface area contributed by atoms with Crippen molar-refractivity contribution < 1.29 is 0 Å². The lowest BCUT2D eigenvalue weighted by Crippen LogP contribution is -2.51. The van der Waals surface area contributed by atoms with Crippen molar-refractivity contribution in [3.63, 3.8) is 0 Å². The van der Waals surface area contributed by atoms with Crippen LogP contribution in [0.5, 0.6) is 0 Å². The van der Waals surface area contributed by atoms with E-state index >= 15 is 0 Å². The second-order valence-corrected chi connectivity index (χ2v) is 6.21. The summed E-state index contributed by atoms with van der Waals surface area (Å²) < 4.78 is 0. The van der Waals surface area contributed by atoms with Crippen LogP contribution in [0.2, 0.25) is 0 Å². The zero-order valence-corrected chi connectivity index (χ0v) is 14.9. The standard InChI is InChI=1S/C17H27N3.2ClH/c1-2-6-16(7-3-1)14-19-10-12-20(13-11-19)15-17-8-4-5-9-18-17;;/h1-3,6-7,17-18H,4-5,8-15H2;2*1H. The first-order chi connectivity index (χ1) is 9.90. The van der Waals surface area contributed by atoms with Gasteiger partial charge in [-0.05, 0) is 24.9 Å². The quantitative estimate of drug-likeness (QED) is 0.905. The number of rotatable bonds is 4. The Morgan fingerprint density at radius 2 is 1.59 bits per heavy atom. The minimum Gasteiger partial charge on any atom is -0.313 e. The summed E-state index contributed by atoms with van der Waals surface area (Å²) in [6, 6.07) is 11.6. The minimum absolute atomic E-state index is 0. The smallest absolute Gasteiger partial charge is 0.0234 e. The average Bonchev–Trinajstić information content (AvgIpc) is 2.51. The molecule has 126 valence electrons. The van der Waals surface area contributed by atoms with Crippen LogP contribution in [0.4, 0.5) is 0 Å². The molecule has 0 spiro atoms. The van der Waals surface area contributed by atoms with E-state index in [9.17, 15) is 0 Å². The fourth-order valence-corrected chi connectivity index (χ4v) is 3.36. The van der Waals surface area contributed by atoms with Gasteiger partial charge in [-0.3, -0.25) is 9.80 Å². The maximum atomic E-state index is 3.66. The average molecular weight is 346 g/mol. The van der Waals surface area contributed by atoms with Crippen molar-refractivity contribution in [2.24, 2.45) is 0 Å². The summed E-state index contributed by atoms with van der Waals surface area (Å²) in [5.74, 6) is 0. The Morgan fingerprint density at radius 1 is 0.909 bits per heavy atom. The van der Waals surface area contributed by atoms with Crippen molar-refractivity contribution in [1.29, 1.82) is 0 Å². The number of hydrogen-bond donors (Lipinski definition) is 1. The summed E-state index contributed by atoms with van der Waals surface area (Å²) in [5.41, 5.74) is 1.44. The molecule has 3 rings (SSSR count). The lowest BCUT2D eigenvalue weighted by atomic mass is 10.0. The molecule has 0 bridgehead atoms. The highest BCUT2D eigenvalue weighted by Gasteiger charge is 2.21. The van der Waals surface area contributed by atoms with Crippen LogP contribution < -0.4 is 5.32 Å². The molecule has 0 radical (unpaired) electrons. The molecule has 0 aromatic heterocycles. The van der Waals surface area contributed by atoms with Crippen LogP contribution in [-0.2, 0) is 6.54 Å². The number of nitrogens with zero attached hydrogens (tertiary/aromatic N) is 2. The number of hydrogen-bond acceptors (Lipinski definition) is 3. The molecule has 1 aromatic rings. The summed E-state index contributed by atoms with van der Waals surface area (Å²) in [5, 5.41) is 3.66. The lowest BCUT2D eigenvalue weighted by Gasteiger charge is -2.37. The van der Waals surface area contributed by atoms with E-state index in [1.54, 1.807) is 0 Å². The summed E-state index contributed by atoms with van der Waals surface area (Å²) >= 11 is 0. The Morgan fingerprint density at radius 3 is 2.23 bits per heavy atom. The Kier molecular flexibility index (Phi) is 9.37. The normalized spacial score (nSPS) is 23.4. The fourth-order valence-electron chi connectivity index (χ4n) is 3.36. The van der Waals surface area contributed by atoms with E-state index in [0.29, 0.717) is 0 Å².